The molecule has 3 aromatic carbocycles. The second-order valence-corrected chi connectivity index (χ2v) is 7.00. The molecule has 0 aliphatic carbocycles. The molecule has 7 heteroatoms. The summed E-state index contributed by atoms with van der Waals surface area (Å²) in [7, 11) is 0. The Morgan fingerprint density at radius 2 is 1.53 bits per heavy atom. The Morgan fingerprint density at radius 1 is 0.833 bits per heavy atom. The quantitative estimate of drug-likeness (QED) is 0.362. The maximum Gasteiger partial charge on any atom is 0.362 e. The zero-order valence-corrected chi connectivity index (χ0v) is 16.6. The highest BCUT2D eigenvalue weighted by Gasteiger charge is 2.17. The van der Waals surface area contributed by atoms with Crippen molar-refractivity contribution in [3.05, 3.63) is 99.9 Å². The number of halogens is 1. The largest absolute Gasteiger partial charge is 0.421 e. The molecule has 0 saturated carbocycles. The zero-order valence-electron chi connectivity index (χ0n) is 15.8. The molecule has 2 amide bonds. The molecule has 0 aliphatic rings. The van der Waals surface area contributed by atoms with E-state index in [0.717, 1.165) is 5.56 Å². The van der Waals surface area contributed by atoms with Crippen LogP contribution in [0.1, 0.15) is 5.56 Å². The van der Waals surface area contributed by atoms with Crippen LogP contribution >= 0.6 is 11.6 Å². The summed E-state index contributed by atoms with van der Waals surface area (Å²) < 4.78 is 5.40. The van der Waals surface area contributed by atoms with E-state index in [2.05, 4.69) is 16.0 Å². The molecule has 0 radical (unpaired) electrons. The van der Waals surface area contributed by atoms with E-state index in [1.54, 1.807) is 36.4 Å². The highest BCUT2D eigenvalue weighted by atomic mass is 35.5. The fourth-order valence-electron chi connectivity index (χ4n) is 3.04. The van der Waals surface area contributed by atoms with Crippen molar-refractivity contribution in [3.63, 3.8) is 0 Å². The van der Waals surface area contributed by atoms with Crippen LogP contribution in [0, 0.1) is 0 Å². The summed E-state index contributed by atoms with van der Waals surface area (Å²) in [5.41, 5.74) is 1.90. The molecule has 0 spiro atoms. The second-order valence-electron chi connectivity index (χ2n) is 6.56. The predicted octanol–water partition coefficient (Wildman–Crippen LogP) is 5.70. The monoisotopic (exact) mass is 419 g/mol. The van der Waals surface area contributed by atoms with E-state index in [1.165, 1.54) is 0 Å². The van der Waals surface area contributed by atoms with E-state index in [1.807, 2.05) is 42.5 Å². The van der Waals surface area contributed by atoms with Crippen molar-refractivity contribution in [1.29, 1.82) is 0 Å². The van der Waals surface area contributed by atoms with E-state index in [-0.39, 0.29) is 5.69 Å². The van der Waals surface area contributed by atoms with Gasteiger partial charge in [-0.1, -0.05) is 54.1 Å². The zero-order chi connectivity index (χ0) is 20.9. The third-order valence-electron chi connectivity index (χ3n) is 4.47. The first-order chi connectivity index (χ1) is 14.6. The van der Waals surface area contributed by atoms with Gasteiger partial charge in [-0.2, -0.15) is 0 Å². The number of rotatable bonds is 5. The van der Waals surface area contributed by atoms with Crippen molar-refractivity contribution in [1.82, 2.24) is 0 Å². The van der Waals surface area contributed by atoms with E-state index in [4.69, 9.17) is 16.0 Å². The van der Waals surface area contributed by atoms with Gasteiger partial charge in [0.05, 0.1) is 5.69 Å². The Bertz CT molecular complexity index is 1240. The Balaban J connectivity index is 1.65. The lowest BCUT2D eigenvalue weighted by molar-refractivity contribution is 0.262. The van der Waals surface area contributed by atoms with Crippen LogP contribution in [0.3, 0.4) is 0 Å². The summed E-state index contributed by atoms with van der Waals surface area (Å²) in [5, 5.41) is 9.81. The number of urea groups is 1. The van der Waals surface area contributed by atoms with Crippen molar-refractivity contribution in [3.8, 4) is 0 Å². The smallest absolute Gasteiger partial charge is 0.362 e. The molecule has 0 aliphatic heterocycles. The van der Waals surface area contributed by atoms with Crippen molar-refractivity contribution in [2.45, 2.75) is 6.54 Å². The number of carbonyl (C=O) groups excluding carboxylic acids is 1. The van der Waals surface area contributed by atoms with Crippen molar-refractivity contribution < 1.29 is 9.21 Å². The van der Waals surface area contributed by atoms with Crippen LogP contribution in [0.5, 0.6) is 0 Å². The van der Waals surface area contributed by atoms with Crippen LogP contribution in [-0.4, -0.2) is 6.03 Å². The van der Waals surface area contributed by atoms with Gasteiger partial charge in [-0.15, -0.1) is 0 Å². The molecule has 150 valence electrons. The van der Waals surface area contributed by atoms with Crippen LogP contribution < -0.4 is 21.6 Å². The number of anilines is 3. The maximum absolute atomic E-state index is 12.6. The highest BCUT2D eigenvalue weighted by Crippen LogP contribution is 2.29. The standard InChI is InChI=1S/C23H18ClN3O3/c24-16-10-12-17(13-11-16)26-23(29)27-21-20(25-14-15-6-2-1-3-7-15)18-8-4-5-9-19(18)30-22(21)28/h1-13,25H,14H2,(H2,26,27,29). The van der Waals surface area contributed by atoms with Crippen molar-refractivity contribution in [2.75, 3.05) is 16.0 Å². The Kier molecular flexibility index (Phi) is 5.68. The lowest BCUT2D eigenvalue weighted by atomic mass is 10.1. The summed E-state index contributed by atoms with van der Waals surface area (Å²) in [6.07, 6.45) is 0. The molecule has 0 saturated heterocycles. The number of amides is 2. The first-order valence-corrected chi connectivity index (χ1v) is 9.65. The molecular weight excluding hydrogens is 402 g/mol. The number of hydrogen-bond donors (Lipinski definition) is 3. The molecule has 4 rings (SSSR count). The Hall–Kier alpha value is -3.77. The molecule has 30 heavy (non-hydrogen) atoms. The topological polar surface area (TPSA) is 83.4 Å². The molecule has 1 heterocycles. The molecule has 0 atom stereocenters. The molecule has 1 aromatic heterocycles. The first kappa shape index (κ1) is 19.5. The minimum absolute atomic E-state index is 0.0381. The van der Waals surface area contributed by atoms with Gasteiger partial charge in [-0.05, 0) is 42.0 Å². The van der Waals surface area contributed by atoms with Gasteiger partial charge in [0.2, 0.25) is 0 Å². The van der Waals surface area contributed by atoms with Gasteiger partial charge in [-0.25, -0.2) is 9.59 Å². The van der Waals surface area contributed by atoms with Crippen LogP contribution in [-0.2, 0) is 6.54 Å². The fraction of sp³-hybridized carbons (Fsp3) is 0.0435. The summed E-state index contributed by atoms with van der Waals surface area (Å²) in [4.78, 5) is 25.1. The molecular formula is C23H18ClN3O3. The number of hydrogen-bond acceptors (Lipinski definition) is 4. The van der Waals surface area contributed by atoms with Crippen LogP contribution in [0.4, 0.5) is 21.9 Å². The minimum atomic E-state index is -0.643. The molecule has 4 aromatic rings. The molecule has 6 nitrogen and oxygen atoms in total. The molecule has 3 N–H and O–H groups in total. The van der Waals surface area contributed by atoms with E-state index in [0.29, 0.717) is 33.9 Å². The average Bonchev–Trinajstić information content (AvgIpc) is 2.76. The van der Waals surface area contributed by atoms with Gasteiger partial charge in [0.25, 0.3) is 0 Å². The van der Waals surface area contributed by atoms with Gasteiger partial charge in [0, 0.05) is 22.6 Å². The summed E-state index contributed by atoms with van der Waals surface area (Å²) >= 11 is 5.87. The molecule has 0 bridgehead atoms. The van der Waals surface area contributed by atoms with E-state index >= 15 is 0 Å². The SMILES string of the molecule is O=C(Nc1ccc(Cl)cc1)Nc1c(NCc2ccccc2)c2ccccc2oc1=O. The third kappa shape index (κ3) is 4.45. The number of benzene rings is 3. The molecule has 0 fully saturated rings. The van der Waals surface area contributed by atoms with Crippen LogP contribution in [0.15, 0.2) is 88.1 Å². The van der Waals surface area contributed by atoms with Crippen molar-refractivity contribution in [2.24, 2.45) is 0 Å². The fourth-order valence-corrected chi connectivity index (χ4v) is 3.17. The van der Waals surface area contributed by atoms with Gasteiger partial charge < -0.3 is 15.1 Å². The Labute approximate surface area is 177 Å². The van der Waals surface area contributed by atoms with Crippen LogP contribution in [0.2, 0.25) is 5.02 Å². The average molecular weight is 420 g/mol. The summed E-state index contributed by atoms with van der Waals surface area (Å²) in [5.74, 6) is 0. The van der Waals surface area contributed by atoms with Gasteiger partial charge in [-0.3, -0.25) is 5.32 Å². The summed E-state index contributed by atoms with van der Waals surface area (Å²) in [6, 6.07) is 23.0. The number of para-hydroxylation sites is 1. The molecule has 0 unspecified atom stereocenters. The second kappa shape index (κ2) is 8.71. The van der Waals surface area contributed by atoms with Crippen molar-refractivity contribution >= 4 is 45.7 Å². The first-order valence-electron chi connectivity index (χ1n) is 9.27. The van der Waals surface area contributed by atoms with Gasteiger partial charge >= 0.3 is 11.7 Å². The van der Waals surface area contributed by atoms with Crippen LogP contribution in [0.25, 0.3) is 11.0 Å². The normalized spacial score (nSPS) is 10.6. The predicted molar refractivity (Wildman–Crippen MR) is 120 cm³/mol. The lowest BCUT2D eigenvalue weighted by Gasteiger charge is -2.15. The van der Waals surface area contributed by atoms with E-state index < -0.39 is 11.7 Å². The minimum Gasteiger partial charge on any atom is -0.421 e. The van der Waals surface area contributed by atoms with Gasteiger partial charge in [0.15, 0.2) is 5.69 Å². The summed E-state index contributed by atoms with van der Waals surface area (Å²) in [6.45, 7) is 0.474. The maximum atomic E-state index is 12.6. The Morgan fingerprint density at radius 3 is 2.30 bits per heavy atom. The lowest BCUT2D eigenvalue weighted by Crippen LogP contribution is -2.24. The number of fused-ring (bicyclic) bond motifs is 1. The highest BCUT2D eigenvalue weighted by molar-refractivity contribution is 6.30. The number of carbonyl (C=O) groups is 1. The number of nitrogens with one attached hydrogen (secondary N) is 3. The third-order valence-corrected chi connectivity index (χ3v) is 4.72. The van der Waals surface area contributed by atoms with Gasteiger partial charge in [0.1, 0.15) is 5.58 Å². The van der Waals surface area contributed by atoms with E-state index in [9.17, 15) is 9.59 Å².